The van der Waals surface area contributed by atoms with Gasteiger partial charge >= 0.3 is 0 Å². The van der Waals surface area contributed by atoms with Crippen LogP contribution in [-0.4, -0.2) is 34.0 Å². The first-order chi connectivity index (χ1) is 11.8. The van der Waals surface area contributed by atoms with Gasteiger partial charge in [-0.1, -0.05) is 42.4 Å². The third-order valence-corrected chi connectivity index (χ3v) is 5.29. The van der Waals surface area contributed by atoms with Gasteiger partial charge in [-0.3, -0.25) is 4.79 Å². The Bertz CT molecular complexity index is 704. The molecule has 0 unspecified atom stereocenters. The van der Waals surface area contributed by atoms with Crippen LogP contribution in [0.1, 0.15) is 55.3 Å². The number of piperidine rings is 1. The highest BCUT2D eigenvalue weighted by Crippen LogP contribution is 2.48. The second-order valence-electron chi connectivity index (χ2n) is 6.86. The minimum Gasteiger partial charge on any atom is -0.342 e. The Morgan fingerprint density at radius 3 is 2.67 bits per heavy atom. The molecule has 1 saturated heterocycles. The van der Waals surface area contributed by atoms with Gasteiger partial charge in [0.05, 0.1) is 0 Å². The normalized spacial score (nSPS) is 24.1. The van der Waals surface area contributed by atoms with Crippen molar-refractivity contribution in [2.45, 2.75) is 44.4 Å². The monoisotopic (exact) mass is 325 g/mol. The average Bonchev–Trinajstić information content (AvgIpc) is 3.31. The fourth-order valence-corrected chi connectivity index (χ4v) is 3.69. The van der Waals surface area contributed by atoms with Gasteiger partial charge in [-0.15, -0.1) is 0 Å². The quantitative estimate of drug-likeness (QED) is 0.866. The van der Waals surface area contributed by atoms with E-state index in [1.807, 2.05) is 17.9 Å². The minimum atomic E-state index is 0.180. The van der Waals surface area contributed by atoms with Crippen molar-refractivity contribution in [3.8, 4) is 0 Å². The Morgan fingerprint density at radius 1 is 1.25 bits per heavy atom. The van der Waals surface area contributed by atoms with Crippen LogP contribution in [0.15, 0.2) is 34.9 Å². The summed E-state index contributed by atoms with van der Waals surface area (Å²) in [7, 11) is 0. The molecule has 5 heteroatoms. The molecular formula is C19H23N3O2. The van der Waals surface area contributed by atoms with Gasteiger partial charge in [-0.25, -0.2) is 0 Å². The highest BCUT2D eigenvalue weighted by Gasteiger charge is 2.46. The summed E-state index contributed by atoms with van der Waals surface area (Å²) >= 11 is 0. The maximum Gasteiger partial charge on any atom is 0.229 e. The molecule has 126 valence electrons. The molecule has 4 rings (SSSR count). The van der Waals surface area contributed by atoms with Crippen LogP contribution in [-0.2, 0) is 11.2 Å². The van der Waals surface area contributed by atoms with Crippen molar-refractivity contribution in [1.29, 1.82) is 0 Å². The lowest BCUT2D eigenvalue weighted by Gasteiger charge is -2.30. The highest BCUT2D eigenvalue weighted by molar-refractivity contribution is 5.83. The van der Waals surface area contributed by atoms with Crippen molar-refractivity contribution < 1.29 is 9.32 Å². The molecule has 1 aromatic heterocycles. The molecule has 2 aromatic rings. The second-order valence-corrected chi connectivity index (χ2v) is 6.86. The SMILES string of the molecule is CCc1noc(C2CCN(C(=O)[C@H]3C[C@@H]3c3ccccc3)CC2)n1. The number of likely N-dealkylation sites (tertiary alicyclic amines) is 1. The molecular weight excluding hydrogens is 302 g/mol. The molecule has 0 bridgehead atoms. The molecule has 1 aromatic carbocycles. The summed E-state index contributed by atoms with van der Waals surface area (Å²) in [5, 5.41) is 3.98. The van der Waals surface area contributed by atoms with E-state index in [-0.39, 0.29) is 5.92 Å². The predicted octanol–water partition coefficient (Wildman–Crippen LogP) is 3.14. The number of nitrogens with zero attached hydrogens (tertiary/aromatic N) is 3. The van der Waals surface area contributed by atoms with E-state index in [1.165, 1.54) is 5.56 Å². The molecule has 1 amide bonds. The number of benzene rings is 1. The van der Waals surface area contributed by atoms with Gasteiger partial charge in [0.1, 0.15) is 0 Å². The first-order valence-corrected chi connectivity index (χ1v) is 8.92. The maximum atomic E-state index is 12.7. The van der Waals surface area contributed by atoms with E-state index in [0.29, 0.717) is 17.7 Å². The molecule has 5 nitrogen and oxygen atoms in total. The van der Waals surface area contributed by atoms with Crippen LogP contribution in [0.5, 0.6) is 0 Å². The van der Waals surface area contributed by atoms with Crippen molar-refractivity contribution >= 4 is 5.91 Å². The van der Waals surface area contributed by atoms with E-state index in [1.54, 1.807) is 0 Å². The maximum absolute atomic E-state index is 12.7. The van der Waals surface area contributed by atoms with Crippen LogP contribution >= 0.6 is 0 Å². The zero-order valence-electron chi connectivity index (χ0n) is 14.0. The smallest absolute Gasteiger partial charge is 0.229 e. The van der Waals surface area contributed by atoms with E-state index in [2.05, 4.69) is 34.4 Å². The number of amides is 1. The first kappa shape index (κ1) is 15.4. The fraction of sp³-hybridized carbons (Fsp3) is 0.526. The Hall–Kier alpha value is -2.17. The second kappa shape index (κ2) is 6.38. The lowest BCUT2D eigenvalue weighted by Crippen LogP contribution is -2.39. The molecule has 0 N–H and O–H groups in total. The highest BCUT2D eigenvalue weighted by atomic mass is 16.5. The van der Waals surface area contributed by atoms with Crippen molar-refractivity contribution in [3.05, 3.63) is 47.6 Å². The molecule has 2 aliphatic rings. The summed E-state index contributed by atoms with van der Waals surface area (Å²) in [5.74, 6) is 2.73. The topological polar surface area (TPSA) is 59.2 Å². The molecule has 1 aliphatic carbocycles. The average molecular weight is 325 g/mol. The summed E-state index contributed by atoms with van der Waals surface area (Å²) in [4.78, 5) is 19.2. The van der Waals surface area contributed by atoms with E-state index in [4.69, 9.17) is 4.52 Å². The Labute approximate surface area is 142 Å². The summed E-state index contributed by atoms with van der Waals surface area (Å²) < 4.78 is 5.36. The predicted molar refractivity (Wildman–Crippen MR) is 89.5 cm³/mol. The van der Waals surface area contributed by atoms with Crippen LogP contribution in [0.3, 0.4) is 0 Å². The summed E-state index contributed by atoms with van der Waals surface area (Å²) in [6.07, 6.45) is 3.62. The Kier molecular flexibility index (Phi) is 4.08. The third kappa shape index (κ3) is 2.95. The standard InChI is InChI=1S/C19H23N3O2/c1-2-17-20-18(24-21-17)14-8-10-22(11-9-14)19(23)16-12-15(16)13-6-4-3-5-7-13/h3-7,14-16H,2,8-12H2,1H3/t15-,16+/m1/s1. The van der Waals surface area contributed by atoms with Crippen LogP contribution in [0.4, 0.5) is 0 Å². The van der Waals surface area contributed by atoms with Crippen LogP contribution in [0.25, 0.3) is 0 Å². The molecule has 0 spiro atoms. The van der Waals surface area contributed by atoms with Crippen molar-refractivity contribution in [2.75, 3.05) is 13.1 Å². The molecule has 2 atom stereocenters. The van der Waals surface area contributed by atoms with E-state index in [9.17, 15) is 4.79 Å². The van der Waals surface area contributed by atoms with Crippen molar-refractivity contribution in [1.82, 2.24) is 15.0 Å². The van der Waals surface area contributed by atoms with Gasteiger partial charge in [0, 0.05) is 31.3 Å². The van der Waals surface area contributed by atoms with E-state index < -0.39 is 0 Å². The number of carbonyl (C=O) groups is 1. The Morgan fingerprint density at radius 2 is 2.00 bits per heavy atom. The number of hydrogen-bond donors (Lipinski definition) is 0. The lowest BCUT2D eigenvalue weighted by molar-refractivity contribution is -0.133. The van der Waals surface area contributed by atoms with Crippen LogP contribution < -0.4 is 0 Å². The van der Waals surface area contributed by atoms with E-state index in [0.717, 1.165) is 50.5 Å². The zero-order valence-corrected chi connectivity index (χ0v) is 14.0. The van der Waals surface area contributed by atoms with Gasteiger partial charge in [-0.05, 0) is 30.7 Å². The van der Waals surface area contributed by atoms with Gasteiger partial charge in [0.25, 0.3) is 0 Å². The molecule has 1 saturated carbocycles. The van der Waals surface area contributed by atoms with Crippen molar-refractivity contribution in [3.63, 3.8) is 0 Å². The third-order valence-electron chi connectivity index (χ3n) is 5.29. The molecule has 2 heterocycles. The molecule has 1 aliphatic heterocycles. The fourth-order valence-electron chi connectivity index (χ4n) is 3.69. The molecule has 0 radical (unpaired) electrons. The van der Waals surface area contributed by atoms with Crippen molar-refractivity contribution in [2.24, 2.45) is 5.92 Å². The van der Waals surface area contributed by atoms with E-state index >= 15 is 0 Å². The summed E-state index contributed by atoms with van der Waals surface area (Å²) in [6, 6.07) is 10.4. The number of rotatable bonds is 4. The van der Waals surface area contributed by atoms with Gasteiger partial charge in [-0.2, -0.15) is 4.98 Å². The van der Waals surface area contributed by atoms with Gasteiger partial charge in [0.15, 0.2) is 5.82 Å². The Balaban J connectivity index is 1.32. The first-order valence-electron chi connectivity index (χ1n) is 8.92. The molecule has 2 fully saturated rings. The number of hydrogen-bond acceptors (Lipinski definition) is 4. The number of aromatic nitrogens is 2. The van der Waals surface area contributed by atoms with Crippen LogP contribution in [0, 0.1) is 5.92 Å². The van der Waals surface area contributed by atoms with Crippen LogP contribution in [0.2, 0.25) is 0 Å². The van der Waals surface area contributed by atoms with Gasteiger partial charge in [0.2, 0.25) is 11.8 Å². The number of carbonyl (C=O) groups excluding carboxylic acids is 1. The molecule has 24 heavy (non-hydrogen) atoms. The zero-order chi connectivity index (χ0) is 16.5. The summed E-state index contributed by atoms with van der Waals surface area (Å²) in [5.41, 5.74) is 1.30. The minimum absolute atomic E-state index is 0.180. The largest absolute Gasteiger partial charge is 0.342 e. The lowest BCUT2D eigenvalue weighted by atomic mass is 9.96. The number of aryl methyl sites for hydroxylation is 1. The summed E-state index contributed by atoms with van der Waals surface area (Å²) in [6.45, 7) is 3.62. The van der Waals surface area contributed by atoms with Gasteiger partial charge < -0.3 is 9.42 Å².